The fourth-order valence-electron chi connectivity index (χ4n) is 2.29. The molecule has 0 bridgehead atoms. The molecule has 3 rings (SSSR count). The second kappa shape index (κ2) is 4.80. The van der Waals surface area contributed by atoms with Crippen molar-refractivity contribution in [3.63, 3.8) is 0 Å². The Morgan fingerprint density at radius 1 is 1.35 bits per heavy atom. The minimum absolute atomic E-state index is 0.185. The van der Waals surface area contributed by atoms with E-state index in [1.165, 1.54) is 11.1 Å². The lowest BCUT2D eigenvalue weighted by Gasteiger charge is -2.12. The number of fused-ring (bicyclic) bond motifs is 1. The summed E-state index contributed by atoms with van der Waals surface area (Å²) in [4.78, 5) is 5.42. The lowest BCUT2D eigenvalue weighted by molar-refractivity contribution is 0.000314. The Hall–Kier alpha value is -0.840. The van der Waals surface area contributed by atoms with Crippen LogP contribution in [0.1, 0.15) is 18.4 Å². The number of nitrogens with one attached hydrogen (secondary N) is 1. The Labute approximate surface area is 109 Å². The van der Waals surface area contributed by atoms with Gasteiger partial charge in [0.2, 0.25) is 0 Å². The first-order chi connectivity index (χ1) is 8.33. The molecule has 3 nitrogen and oxygen atoms in total. The number of rotatable bonds is 3. The average Bonchev–Trinajstić information content (AvgIpc) is 2.91. The quantitative estimate of drug-likeness (QED) is 0.870. The van der Waals surface area contributed by atoms with Crippen molar-refractivity contribution in [2.45, 2.75) is 31.7 Å². The number of halogens is 1. The maximum Gasteiger partial charge on any atom is 0.112 e. The van der Waals surface area contributed by atoms with Gasteiger partial charge in [0.1, 0.15) is 10.7 Å². The minimum Gasteiger partial charge on any atom is -0.373 e. The van der Waals surface area contributed by atoms with Crippen LogP contribution in [0.25, 0.3) is 0 Å². The highest BCUT2D eigenvalue weighted by atomic mass is 79.9. The van der Waals surface area contributed by atoms with Crippen LogP contribution in [0.4, 0.5) is 0 Å². The van der Waals surface area contributed by atoms with Gasteiger partial charge in [0, 0.05) is 12.8 Å². The van der Waals surface area contributed by atoms with E-state index in [4.69, 9.17) is 9.57 Å². The lowest BCUT2D eigenvalue weighted by Crippen LogP contribution is -2.15. The zero-order valence-corrected chi connectivity index (χ0v) is 10.9. The van der Waals surface area contributed by atoms with Crippen molar-refractivity contribution in [1.82, 2.24) is 5.48 Å². The Balaban J connectivity index is 1.57. The molecule has 1 fully saturated rings. The third-order valence-corrected chi connectivity index (χ3v) is 3.89. The molecule has 0 radical (unpaired) electrons. The van der Waals surface area contributed by atoms with Gasteiger partial charge in [-0.05, 0) is 27.1 Å². The highest BCUT2D eigenvalue weighted by molar-refractivity contribution is 9.11. The van der Waals surface area contributed by atoms with Gasteiger partial charge in [0.25, 0.3) is 0 Å². The third-order valence-electron chi connectivity index (χ3n) is 3.21. The topological polar surface area (TPSA) is 30.5 Å². The lowest BCUT2D eigenvalue weighted by atomic mass is 10.2. The molecule has 0 aromatic heterocycles. The molecule has 1 saturated carbocycles. The van der Waals surface area contributed by atoms with Crippen molar-refractivity contribution in [2.24, 2.45) is 0 Å². The van der Waals surface area contributed by atoms with Gasteiger partial charge in [-0.15, -0.1) is 0 Å². The summed E-state index contributed by atoms with van der Waals surface area (Å²) in [5.41, 5.74) is 5.37. The number of hydrogen-bond donors (Lipinski definition) is 1. The first-order valence-corrected chi connectivity index (χ1v) is 6.58. The highest BCUT2D eigenvalue weighted by Crippen LogP contribution is 2.37. The van der Waals surface area contributed by atoms with Crippen LogP contribution >= 0.6 is 15.9 Å². The van der Waals surface area contributed by atoms with Gasteiger partial charge in [0.15, 0.2) is 0 Å². The predicted octanol–water partition coefficient (Wildman–Crippen LogP) is 2.88. The third kappa shape index (κ3) is 2.39. The molecule has 2 atom stereocenters. The van der Waals surface area contributed by atoms with Crippen molar-refractivity contribution in [3.05, 3.63) is 46.1 Å². The van der Waals surface area contributed by atoms with Gasteiger partial charge in [0.05, 0.1) is 12.7 Å². The van der Waals surface area contributed by atoms with Crippen LogP contribution in [0.2, 0.25) is 0 Å². The van der Waals surface area contributed by atoms with Gasteiger partial charge < -0.3 is 4.74 Å². The normalized spacial score (nSPS) is 27.1. The first kappa shape index (κ1) is 11.3. The smallest absolute Gasteiger partial charge is 0.112 e. The van der Waals surface area contributed by atoms with E-state index in [0.717, 1.165) is 17.4 Å². The Morgan fingerprint density at radius 2 is 2.18 bits per heavy atom. The SMILES string of the molecule is BrC1=C2CC(OCc3ccccc3)CC2ON1. The first-order valence-electron chi connectivity index (χ1n) is 5.78. The van der Waals surface area contributed by atoms with Crippen LogP contribution in [0, 0.1) is 0 Å². The molecular weight excluding hydrogens is 282 g/mol. The Morgan fingerprint density at radius 3 is 2.94 bits per heavy atom. The van der Waals surface area contributed by atoms with E-state index in [1.807, 2.05) is 18.2 Å². The van der Waals surface area contributed by atoms with Crippen LogP contribution in [0.15, 0.2) is 40.5 Å². The van der Waals surface area contributed by atoms with Gasteiger partial charge in [-0.1, -0.05) is 30.3 Å². The van der Waals surface area contributed by atoms with Crippen LogP contribution in [0.3, 0.4) is 0 Å². The van der Waals surface area contributed by atoms with Crippen molar-refractivity contribution in [3.8, 4) is 0 Å². The molecule has 90 valence electrons. The second-order valence-corrected chi connectivity index (χ2v) is 5.20. The zero-order valence-electron chi connectivity index (χ0n) is 9.36. The highest BCUT2D eigenvalue weighted by Gasteiger charge is 2.36. The summed E-state index contributed by atoms with van der Waals surface area (Å²) >= 11 is 3.46. The molecule has 0 spiro atoms. The van der Waals surface area contributed by atoms with Gasteiger partial charge >= 0.3 is 0 Å². The largest absolute Gasteiger partial charge is 0.373 e. The molecule has 17 heavy (non-hydrogen) atoms. The molecular formula is C13H14BrNO2. The maximum atomic E-state index is 5.91. The van der Waals surface area contributed by atoms with E-state index in [1.54, 1.807) is 0 Å². The molecule has 1 N–H and O–H groups in total. The maximum absolute atomic E-state index is 5.91. The molecule has 1 aromatic carbocycles. The summed E-state index contributed by atoms with van der Waals surface area (Å²) in [5, 5.41) is 0. The Kier molecular flexibility index (Phi) is 3.18. The van der Waals surface area contributed by atoms with Gasteiger partial charge in [-0.3, -0.25) is 10.3 Å². The summed E-state index contributed by atoms with van der Waals surface area (Å²) in [6, 6.07) is 10.3. The van der Waals surface area contributed by atoms with E-state index >= 15 is 0 Å². The van der Waals surface area contributed by atoms with Crippen LogP contribution in [-0.2, 0) is 16.2 Å². The summed E-state index contributed by atoms with van der Waals surface area (Å²) < 4.78 is 6.89. The number of benzene rings is 1. The van der Waals surface area contributed by atoms with Crippen LogP contribution in [-0.4, -0.2) is 12.2 Å². The zero-order chi connectivity index (χ0) is 11.7. The van der Waals surface area contributed by atoms with E-state index in [9.17, 15) is 0 Å². The van der Waals surface area contributed by atoms with Crippen LogP contribution < -0.4 is 5.48 Å². The molecule has 1 aliphatic carbocycles. The number of hydrogen-bond acceptors (Lipinski definition) is 3. The van der Waals surface area contributed by atoms with E-state index < -0.39 is 0 Å². The Bertz CT molecular complexity index is 432. The standard InChI is InChI=1S/C13H14BrNO2/c14-13-11-6-10(7-12(11)17-15-13)16-8-9-4-2-1-3-5-9/h1-5,10,12,15H,6-8H2. The van der Waals surface area contributed by atoms with E-state index in [2.05, 4.69) is 33.5 Å². The molecule has 0 amide bonds. The second-order valence-electron chi connectivity index (χ2n) is 4.41. The molecule has 4 heteroatoms. The molecule has 0 saturated heterocycles. The van der Waals surface area contributed by atoms with Crippen molar-refractivity contribution >= 4 is 15.9 Å². The average molecular weight is 296 g/mol. The molecule has 1 aliphatic heterocycles. The molecule has 2 unspecified atom stereocenters. The summed E-state index contributed by atoms with van der Waals surface area (Å²) in [7, 11) is 0. The monoisotopic (exact) mass is 295 g/mol. The number of ether oxygens (including phenoxy) is 1. The molecule has 2 aliphatic rings. The molecule has 1 aromatic rings. The van der Waals surface area contributed by atoms with Crippen molar-refractivity contribution in [2.75, 3.05) is 0 Å². The molecule has 1 heterocycles. The number of hydroxylamine groups is 1. The fraction of sp³-hybridized carbons (Fsp3) is 0.385. The fourth-order valence-corrected chi connectivity index (χ4v) is 2.81. The van der Waals surface area contributed by atoms with E-state index in [0.29, 0.717) is 6.61 Å². The summed E-state index contributed by atoms with van der Waals surface area (Å²) in [6.07, 6.45) is 2.34. The minimum atomic E-state index is 0.185. The van der Waals surface area contributed by atoms with Gasteiger partial charge in [-0.25, -0.2) is 0 Å². The van der Waals surface area contributed by atoms with Crippen molar-refractivity contribution < 1.29 is 9.57 Å². The van der Waals surface area contributed by atoms with Crippen molar-refractivity contribution in [1.29, 1.82) is 0 Å². The summed E-state index contributed by atoms with van der Waals surface area (Å²) in [6.45, 7) is 0.677. The predicted molar refractivity (Wildman–Crippen MR) is 68.2 cm³/mol. The van der Waals surface area contributed by atoms with Gasteiger partial charge in [-0.2, -0.15) is 0 Å². The van der Waals surface area contributed by atoms with E-state index in [-0.39, 0.29) is 12.2 Å². The summed E-state index contributed by atoms with van der Waals surface area (Å²) in [5.74, 6) is 0. The van der Waals surface area contributed by atoms with Crippen LogP contribution in [0.5, 0.6) is 0 Å².